The van der Waals surface area contributed by atoms with Gasteiger partial charge in [-0.15, -0.1) is 0 Å². The molecule has 206 valence electrons. The van der Waals surface area contributed by atoms with Gasteiger partial charge < -0.3 is 19.5 Å². The fourth-order valence-corrected chi connectivity index (χ4v) is 5.26. The van der Waals surface area contributed by atoms with Crippen LogP contribution >= 0.6 is 0 Å². The van der Waals surface area contributed by atoms with Crippen LogP contribution in [0.5, 0.6) is 5.75 Å². The number of nitrogens with one attached hydrogen (secondary N) is 1. The number of amides is 3. The number of unbranched alkanes of at least 4 members (excludes halogenated alkanes) is 1. The number of hydrogen-bond donors (Lipinski definition) is 1. The normalized spacial score (nSPS) is 13.8. The zero-order chi connectivity index (χ0) is 28.1. The number of anilines is 2. The predicted molar refractivity (Wildman–Crippen MR) is 159 cm³/mol. The minimum atomic E-state index is -0.320. The van der Waals surface area contributed by atoms with Gasteiger partial charge in [-0.1, -0.05) is 55.3 Å². The van der Waals surface area contributed by atoms with E-state index in [1.54, 1.807) is 4.90 Å². The molecule has 1 aromatic heterocycles. The van der Waals surface area contributed by atoms with E-state index in [9.17, 15) is 9.59 Å². The van der Waals surface area contributed by atoms with Gasteiger partial charge in [-0.2, -0.15) is 0 Å². The second-order valence-corrected chi connectivity index (χ2v) is 10.0. The van der Waals surface area contributed by atoms with E-state index in [4.69, 9.17) is 4.74 Å². The maximum Gasteiger partial charge on any atom is 0.322 e. The van der Waals surface area contributed by atoms with E-state index >= 15 is 0 Å². The van der Waals surface area contributed by atoms with Crippen molar-refractivity contribution in [1.29, 1.82) is 0 Å². The van der Waals surface area contributed by atoms with Crippen LogP contribution in [0.1, 0.15) is 49.6 Å². The first-order valence-electron chi connectivity index (χ1n) is 13.9. The average molecular weight is 537 g/mol. The summed E-state index contributed by atoms with van der Waals surface area (Å²) < 4.78 is 7.67. The van der Waals surface area contributed by atoms with Crippen LogP contribution < -0.4 is 15.0 Å². The van der Waals surface area contributed by atoms with Gasteiger partial charge in [0.05, 0.1) is 23.7 Å². The molecule has 40 heavy (non-hydrogen) atoms. The third-order valence-corrected chi connectivity index (χ3v) is 7.16. The standard InChI is InChI=1S/C33H36N4O3/c1-4-6-20-35(33(39)34-26-16-18-27(19-17-26)40-5-2)23-31(38)37-29-14-8-7-13-28(29)36-21-10-15-30(36)32(37)25-12-9-11-24(3)22-25/h7-19,21-22,32H,4-6,20,23H2,1-3H3,(H,34,39)/t32-/m0/s1. The summed E-state index contributed by atoms with van der Waals surface area (Å²) in [5.41, 5.74) is 5.59. The molecular formula is C33H36N4O3. The predicted octanol–water partition coefficient (Wildman–Crippen LogP) is 6.95. The Bertz CT molecular complexity index is 1480. The number of urea groups is 1. The molecule has 0 saturated carbocycles. The second-order valence-electron chi connectivity index (χ2n) is 10.0. The largest absolute Gasteiger partial charge is 0.494 e. The van der Waals surface area contributed by atoms with Crippen LogP contribution in [0.15, 0.2) is 91.1 Å². The molecule has 7 nitrogen and oxygen atoms in total. The highest BCUT2D eigenvalue weighted by atomic mass is 16.5. The number of hydrogen-bond acceptors (Lipinski definition) is 3. The number of benzene rings is 3. The van der Waals surface area contributed by atoms with Gasteiger partial charge in [0.1, 0.15) is 18.3 Å². The summed E-state index contributed by atoms with van der Waals surface area (Å²) in [6.07, 6.45) is 3.74. The summed E-state index contributed by atoms with van der Waals surface area (Å²) in [7, 11) is 0. The molecule has 2 heterocycles. The molecule has 1 aliphatic heterocycles. The fourth-order valence-electron chi connectivity index (χ4n) is 5.26. The second kappa shape index (κ2) is 12.1. The van der Waals surface area contributed by atoms with Crippen molar-refractivity contribution in [2.24, 2.45) is 0 Å². The van der Waals surface area contributed by atoms with Crippen molar-refractivity contribution in [1.82, 2.24) is 9.47 Å². The molecule has 0 radical (unpaired) electrons. The lowest BCUT2D eigenvalue weighted by molar-refractivity contribution is -0.119. The number of aromatic nitrogens is 1. The van der Waals surface area contributed by atoms with Crippen molar-refractivity contribution in [3.05, 3.63) is 108 Å². The molecule has 0 bridgehead atoms. The van der Waals surface area contributed by atoms with Gasteiger partial charge >= 0.3 is 6.03 Å². The number of nitrogens with zero attached hydrogens (tertiary/aromatic N) is 3. The number of para-hydroxylation sites is 2. The van der Waals surface area contributed by atoms with E-state index < -0.39 is 0 Å². The minimum absolute atomic E-state index is 0.0414. The van der Waals surface area contributed by atoms with Crippen LogP contribution in [0, 0.1) is 6.92 Å². The van der Waals surface area contributed by atoms with E-state index in [1.165, 1.54) is 0 Å². The van der Waals surface area contributed by atoms with Crippen molar-refractivity contribution in [2.75, 3.05) is 29.9 Å². The highest BCUT2D eigenvalue weighted by Crippen LogP contribution is 2.42. The Balaban J connectivity index is 1.46. The molecular weight excluding hydrogens is 500 g/mol. The van der Waals surface area contributed by atoms with E-state index in [0.717, 1.165) is 46.8 Å². The van der Waals surface area contributed by atoms with Crippen LogP contribution in [-0.2, 0) is 4.79 Å². The maximum atomic E-state index is 14.3. The van der Waals surface area contributed by atoms with Gasteiger partial charge in [-0.3, -0.25) is 9.69 Å². The van der Waals surface area contributed by atoms with Gasteiger partial charge in [0.25, 0.3) is 0 Å². The lowest BCUT2D eigenvalue weighted by Crippen LogP contribution is -2.48. The van der Waals surface area contributed by atoms with Crippen LogP contribution in [0.4, 0.5) is 16.2 Å². The molecule has 0 fully saturated rings. The van der Waals surface area contributed by atoms with Gasteiger partial charge in [0.2, 0.25) is 5.91 Å². The molecule has 0 aliphatic carbocycles. The molecule has 0 unspecified atom stereocenters. The fraction of sp³-hybridized carbons (Fsp3) is 0.273. The van der Waals surface area contributed by atoms with E-state index in [0.29, 0.717) is 18.8 Å². The molecule has 1 atom stereocenters. The Morgan fingerprint density at radius 2 is 1.70 bits per heavy atom. The highest BCUT2D eigenvalue weighted by Gasteiger charge is 2.37. The number of carbonyl (C=O) groups is 2. The Kier molecular flexibility index (Phi) is 8.20. The first-order chi connectivity index (χ1) is 19.5. The molecule has 7 heteroatoms. The first-order valence-corrected chi connectivity index (χ1v) is 13.9. The summed E-state index contributed by atoms with van der Waals surface area (Å²) in [6.45, 7) is 7.08. The number of carbonyl (C=O) groups excluding carboxylic acids is 2. The SMILES string of the molecule is CCCCN(CC(=O)N1c2ccccc2-n2cccc2[C@@H]1c1cccc(C)c1)C(=O)Nc1ccc(OCC)cc1. The Labute approximate surface area is 236 Å². The van der Waals surface area contributed by atoms with Crippen LogP contribution in [0.25, 0.3) is 5.69 Å². The topological polar surface area (TPSA) is 66.8 Å². The molecule has 3 aromatic carbocycles. The summed E-state index contributed by atoms with van der Waals surface area (Å²) in [5.74, 6) is 0.610. The van der Waals surface area contributed by atoms with Gasteiger partial charge in [0, 0.05) is 18.4 Å². The summed E-state index contributed by atoms with van der Waals surface area (Å²) in [4.78, 5) is 31.2. The number of fused-ring (bicyclic) bond motifs is 3. The van der Waals surface area contributed by atoms with E-state index in [2.05, 4.69) is 48.0 Å². The van der Waals surface area contributed by atoms with Crippen molar-refractivity contribution in [3.63, 3.8) is 0 Å². The molecule has 5 rings (SSSR count). The zero-order valence-corrected chi connectivity index (χ0v) is 23.3. The quantitative estimate of drug-likeness (QED) is 0.252. The minimum Gasteiger partial charge on any atom is -0.494 e. The van der Waals surface area contributed by atoms with Crippen molar-refractivity contribution >= 4 is 23.3 Å². The van der Waals surface area contributed by atoms with Crippen molar-refractivity contribution in [2.45, 2.75) is 39.7 Å². The van der Waals surface area contributed by atoms with Gasteiger partial charge in [-0.25, -0.2) is 4.79 Å². The average Bonchev–Trinajstić information content (AvgIpc) is 3.45. The lowest BCUT2D eigenvalue weighted by Gasteiger charge is -2.39. The smallest absolute Gasteiger partial charge is 0.322 e. The van der Waals surface area contributed by atoms with Crippen molar-refractivity contribution in [3.8, 4) is 11.4 Å². The zero-order valence-electron chi connectivity index (χ0n) is 23.3. The lowest BCUT2D eigenvalue weighted by atomic mass is 9.96. The molecule has 1 aliphatic rings. The molecule has 4 aromatic rings. The van der Waals surface area contributed by atoms with E-state index in [1.807, 2.05) is 78.7 Å². The van der Waals surface area contributed by atoms with Crippen LogP contribution in [0.2, 0.25) is 0 Å². The number of rotatable bonds is 9. The monoisotopic (exact) mass is 536 g/mol. The highest BCUT2D eigenvalue weighted by molar-refractivity contribution is 6.01. The molecule has 0 spiro atoms. The number of aryl methyl sites for hydroxylation is 1. The van der Waals surface area contributed by atoms with Crippen LogP contribution in [-0.4, -0.2) is 41.1 Å². The Morgan fingerprint density at radius 3 is 2.42 bits per heavy atom. The maximum absolute atomic E-state index is 14.3. The number of ether oxygens (including phenoxy) is 1. The summed E-state index contributed by atoms with van der Waals surface area (Å²) >= 11 is 0. The molecule has 0 saturated heterocycles. The van der Waals surface area contributed by atoms with Crippen LogP contribution in [0.3, 0.4) is 0 Å². The van der Waals surface area contributed by atoms with E-state index in [-0.39, 0.29) is 24.5 Å². The Hall–Kier alpha value is -4.52. The van der Waals surface area contributed by atoms with Gasteiger partial charge in [-0.05, 0) is 74.4 Å². The van der Waals surface area contributed by atoms with Crippen molar-refractivity contribution < 1.29 is 14.3 Å². The Morgan fingerprint density at radius 1 is 0.925 bits per heavy atom. The molecule has 3 amide bonds. The summed E-state index contributed by atoms with van der Waals surface area (Å²) in [5, 5.41) is 2.97. The third kappa shape index (κ3) is 5.59. The summed E-state index contributed by atoms with van der Waals surface area (Å²) in [6, 6.07) is 27.0. The van der Waals surface area contributed by atoms with Gasteiger partial charge in [0.15, 0.2) is 0 Å². The molecule has 1 N–H and O–H groups in total. The first kappa shape index (κ1) is 27.1. The third-order valence-electron chi connectivity index (χ3n) is 7.16.